The molecule has 1 aliphatic heterocycles. The van der Waals surface area contributed by atoms with E-state index in [1.165, 1.54) is 4.57 Å². The van der Waals surface area contributed by atoms with Crippen molar-refractivity contribution in [3.05, 3.63) is 50.1 Å². The molecule has 4 rings (SSSR count). The lowest BCUT2D eigenvalue weighted by atomic mass is 10.1. The first kappa shape index (κ1) is 20.2. The van der Waals surface area contributed by atoms with Crippen LogP contribution < -0.4 is 16.1 Å². The van der Waals surface area contributed by atoms with Crippen LogP contribution in [0.5, 0.6) is 0 Å². The van der Waals surface area contributed by atoms with Crippen molar-refractivity contribution in [3.8, 4) is 0 Å². The van der Waals surface area contributed by atoms with Crippen molar-refractivity contribution in [2.24, 2.45) is 13.0 Å². The molecule has 0 bridgehead atoms. The van der Waals surface area contributed by atoms with Crippen molar-refractivity contribution in [2.75, 3.05) is 18.1 Å². The van der Waals surface area contributed by atoms with E-state index in [1.54, 1.807) is 26.1 Å². The largest absolute Gasteiger partial charge is 0.465 e. The highest BCUT2D eigenvalue weighted by Crippen LogP contribution is 2.33. The van der Waals surface area contributed by atoms with Crippen molar-refractivity contribution in [1.29, 1.82) is 0 Å². The molecule has 0 saturated heterocycles. The zero-order valence-electron chi connectivity index (χ0n) is 17.0. The Morgan fingerprint density at radius 3 is 2.60 bits per heavy atom. The number of imidazole rings is 1. The van der Waals surface area contributed by atoms with Gasteiger partial charge in [0, 0.05) is 30.8 Å². The predicted octanol–water partition coefficient (Wildman–Crippen LogP) is 1.90. The van der Waals surface area contributed by atoms with E-state index < -0.39 is 23.8 Å². The molecule has 30 heavy (non-hydrogen) atoms. The first-order valence-corrected chi connectivity index (χ1v) is 10.1. The first-order valence-electron chi connectivity index (χ1n) is 9.70. The molecule has 0 saturated carbocycles. The average Bonchev–Trinajstić information content (AvgIpc) is 3.09. The van der Waals surface area contributed by atoms with Gasteiger partial charge in [-0.05, 0) is 37.1 Å². The summed E-state index contributed by atoms with van der Waals surface area (Å²) in [4.78, 5) is 44.5. The number of carbonyl (C=O) groups is 1. The molecule has 0 fully saturated rings. The molecule has 158 valence electrons. The van der Waals surface area contributed by atoms with Crippen molar-refractivity contribution in [2.45, 2.75) is 26.9 Å². The van der Waals surface area contributed by atoms with Crippen molar-refractivity contribution < 1.29 is 9.53 Å². The zero-order valence-corrected chi connectivity index (χ0v) is 17.7. The minimum atomic E-state index is -0.634. The molecule has 1 aromatic carbocycles. The zero-order chi connectivity index (χ0) is 21.6. The van der Waals surface area contributed by atoms with Crippen LogP contribution in [0, 0.1) is 5.92 Å². The summed E-state index contributed by atoms with van der Waals surface area (Å²) >= 11 is 6.02. The number of nitrogens with zero attached hydrogens (tertiary/aromatic N) is 5. The second-order valence-corrected chi connectivity index (χ2v) is 7.86. The Morgan fingerprint density at radius 1 is 1.23 bits per heavy atom. The Morgan fingerprint density at radius 2 is 1.93 bits per heavy atom. The fraction of sp³-hybridized carbons (Fsp3) is 0.400. The monoisotopic (exact) mass is 431 g/mol. The number of aromatic nitrogens is 4. The number of hydrogen-bond acceptors (Lipinski definition) is 6. The molecule has 3 heterocycles. The van der Waals surface area contributed by atoms with Gasteiger partial charge in [0.05, 0.1) is 6.61 Å². The number of carbonyl (C=O) groups excluding carboxylic acids is 1. The Bertz CT molecular complexity index is 1240. The molecule has 1 aliphatic rings. The lowest BCUT2D eigenvalue weighted by Crippen LogP contribution is -2.42. The fourth-order valence-corrected chi connectivity index (χ4v) is 3.94. The third-order valence-electron chi connectivity index (χ3n) is 5.17. The first-order chi connectivity index (χ1) is 14.3. The number of hydrogen-bond donors (Lipinski definition) is 0. The van der Waals surface area contributed by atoms with Gasteiger partial charge in [-0.3, -0.25) is 14.2 Å². The van der Waals surface area contributed by atoms with Crippen LogP contribution in [0.15, 0.2) is 33.9 Å². The quantitative estimate of drug-likeness (QED) is 0.586. The Kier molecular flexibility index (Phi) is 5.15. The van der Waals surface area contributed by atoms with Crippen LogP contribution in [0.2, 0.25) is 5.02 Å². The van der Waals surface area contributed by atoms with Gasteiger partial charge in [-0.15, -0.1) is 0 Å². The molecule has 9 nitrogen and oxygen atoms in total. The molecule has 0 aliphatic carbocycles. The number of rotatable bonds is 4. The molecular formula is C20H22ClN5O4. The Balaban J connectivity index is 1.93. The van der Waals surface area contributed by atoms with Gasteiger partial charge >= 0.3 is 11.7 Å². The van der Waals surface area contributed by atoms with Gasteiger partial charge < -0.3 is 14.2 Å². The molecule has 0 unspecified atom stereocenters. The van der Waals surface area contributed by atoms with Crippen LogP contribution in [-0.2, 0) is 29.7 Å². The van der Waals surface area contributed by atoms with Crippen LogP contribution in [0.25, 0.3) is 11.2 Å². The lowest BCUT2D eigenvalue weighted by molar-refractivity contribution is -0.143. The van der Waals surface area contributed by atoms with E-state index in [1.807, 2.05) is 21.6 Å². The Labute approximate surface area is 177 Å². The maximum Gasteiger partial charge on any atom is 0.333 e. The summed E-state index contributed by atoms with van der Waals surface area (Å²) in [7, 11) is 1.54. The number of benzene rings is 1. The van der Waals surface area contributed by atoms with Crippen LogP contribution in [0.1, 0.15) is 13.8 Å². The summed E-state index contributed by atoms with van der Waals surface area (Å²) in [5, 5.41) is 0.626. The van der Waals surface area contributed by atoms with Gasteiger partial charge in [-0.1, -0.05) is 18.5 Å². The van der Waals surface area contributed by atoms with E-state index in [4.69, 9.17) is 16.3 Å². The van der Waals surface area contributed by atoms with E-state index in [0.29, 0.717) is 29.6 Å². The summed E-state index contributed by atoms with van der Waals surface area (Å²) in [6, 6.07) is 7.38. The normalized spacial score (nSPS) is 16.0. The number of fused-ring (bicyclic) bond motifs is 3. The SMILES string of the molecule is CCOC(=O)Cn1c(=O)c2c(nc3n2C[C@@H](C)CN3c2ccc(Cl)cc2)n(C)c1=O. The average molecular weight is 432 g/mol. The van der Waals surface area contributed by atoms with Gasteiger partial charge in [0.1, 0.15) is 6.54 Å². The third-order valence-corrected chi connectivity index (χ3v) is 5.43. The third kappa shape index (κ3) is 3.28. The number of halogens is 1. The van der Waals surface area contributed by atoms with Crippen molar-refractivity contribution in [1.82, 2.24) is 18.7 Å². The van der Waals surface area contributed by atoms with Gasteiger partial charge in [-0.25, -0.2) is 9.36 Å². The second-order valence-electron chi connectivity index (χ2n) is 7.42. The van der Waals surface area contributed by atoms with Crippen LogP contribution in [0.3, 0.4) is 0 Å². The highest BCUT2D eigenvalue weighted by Gasteiger charge is 2.30. The molecule has 3 aromatic rings. The standard InChI is InChI=1S/C20H22ClN5O4/c1-4-30-15(27)11-26-18(28)16-17(23(3)20(26)29)22-19-24(9-12(2)10-25(16)19)14-7-5-13(21)6-8-14/h5-8,12H,4,9-11H2,1-3H3/t12-/m0/s1. The molecule has 10 heteroatoms. The number of esters is 1. The summed E-state index contributed by atoms with van der Waals surface area (Å²) in [6.07, 6.45) is 0. The highest BCUT2D eigenvalue weighted by atomic mass is 35.5. The van der Waals surface area contributed by atoms with Gasteiger partial charge in [0.25, 0.3) is 5.56 Å². The van der Waals surface area contributed by atoms with Crippen molar-refractivity contribution in [3.63, 3.8) is 0 Å². The number of aryl methyl sites for hydroxylation is 1. The van der Waals surface area contributed by atoms with Gasteiger partial charge in [0.2, 0.25) is 5.95 Å². The minimum absolute atomic E-state index is 0.172. The minimum Gasteiger partial charge on any atom is -0.465 e. The van der Waals surface area contributed by atoms with E-state index in [0.717, 1.165) is 10.3 Å². The molecule has 1 atom stereocenters. The van der Waals surface area contributed by atoms with Gasteiger partial charge in [0.15, 0.2) is 11.2 Å². The molecule has 0 radical (unpaired) electrons. The number of anilines is 2. The summed E-state index contributed by atoms with van der Waals surface area (Å²) < 4.78 is 8.94. The van der Waals surface area contributed by atoms with E-state index in [-0.39, 0.29) is 18.2 Å². The number of ether oxygens (including phenoxy) is 1. The van der Waals surface area contributed by atoms with E-state index in [2.05, 4.69) is 11.9 Å². The predicted molar refractivity (Wildman–Crippen MR) is 113 cm³/mol. The summed E-state index contributed by atoms with van der Waals surface area (Å²) in [6.45, 7) is 4.76. The maximum atomic E-state index is 13.2. The molecule has 0 spiro atoms. The van der Waals surface area contributed by atoms with Crippen LogP contribution >= 0.6 is 11.6 Å². The maximum absolute atomic E-state index is 13.2. The summed E-state index contributed by atoms with van der Waals surface area (Å²) in [5.74, 6) is 0.165. The summed E-state index contributed by atoms with van der Waals surface area (Å²) in [5.41, 5.74) is 0.307. The fourth-order valence-electron chi connectivity index (χ4n) is 3.82. The van der Waals surface area contributed by atoms with E-state index in [9.17, 15) is 14.4 Å². The lowest BCUT2D eigenvalue weighted by Gasteiger charge is -2.33. The molecule has 0 N–H and O–H groups in total. The van der Waals surface area contributed by atoms with Crippen LogP contribution in [0.4, 0.5) is 11.6 Å². The van der Waals surface area contributed by atoms with Gasteiger partial charge in [-0.2, -0.15) is 4.98 Å². The molecule has 0 amide bonds. The highest BCUT2D eigenvalue weighted by molar-refractivity contribution is 6.30. The van der Waals surface area contributed by atoms with E-state index >= 15 is 0 Å². The van der Waals surface area contributed by atoms with Crippen LogP contribution in [-0.4, -0.2) is 37.8 Å². The smallest absolute Gasteiger partial charge is 0.333 e. The Hall–Kier alpha value is -3.07. The van der Waals surface area contributed by atoms with Crippen molar-refractivity contribution >= 4 is 40.4 Å². The molecular weight excluding hydrogens is 410 g/mol. The second kappa shape index (κ2) is 7.64. The topological polar surface area (TPSA) is 91.4 Å². The molecule has 2 aromatic heterocycles.